The molecular formula is C12H14N2O3. The van der Waals surface area contributed by atoms with Gasteiger partial charge in [-0.1, -0.05) is 12.1 Å². The Labute approximate surface area is 98.8 Å². The fourth-order valence-corrected chi connectivity index (χ4v) is 1.85. The van der Waals surface area contributed by atoms with Crippen molar-refractivity contribution in [1.29, 1.82) is 0 Å². The first-order chi connectivity index (χ1) is 8.01. The second-order valence-corrected chi connectivity index (χ2v) is 4.35. The molecule has 2 rings (SSSR count). The van der Waals surface area contributed by atoms with Crippen molar-refractivity contribution in [2.75, 3.05) is 10.6 Å². The number of hydrogen-bond donors (Lipinski definition) is 3. The van der Waals surface area contributed by atoms with Crippen LogP contribution in [-0.4, -0.2) is 22.5 Å². The quantitative estimate of drug-likeness (QED) is 0.743. The van der Waals surface area contributed by atoms with E-state index in [4.69, 9.17) is 5.11 Å². The number of aliphatic carboxylic acids is 1. The number of benzene rings is 1. The smallest absolute Gasteiger partial charge is 0.303 e. The fraction of sp³-hybridized carbons (Fsp3) is 0.333. The Morgan fingerprint density at radius 1 is 1.35 bits per heavy atom. The van der Waals surface area contributed by atoms with E-state index in [9.17, 15) is 9.59 Å². The molecule has 0 bridgehead atoms. The van der Waals surface area contributed by atoms with Crippen LogP contribution in [0.15, 0.2) is 24.3 Å². The molecule has 5 nitrogen and oxygen atoms in total. The van der Waals surface area contributed by atoms with E-state index in [0.717, 1.165) is 11.4 Å². The Bertz CT molecular complexity index is 473. The lowest BCUT2D eigenvalue weighted by atomic mass is 9.91. The van der Waals surface area contributed by atoms with Crippen molar-refractivity contribution in [3.63, 3.8) is 0 Å². The molecule has 0 spiro atoms. The Kier molecular flexibility index (Phi) is 2.75. The molecule has 1 heterocycles. The van der Waals surface area contributed by atoms with Gasteiger partial charge >= 0.3 is 5.97 Å². The maximum absolute atomic E-state index is 11.9. The molecule has 0 saturated heterocycles. The van der Waals surface area contributed by atoms with Gasteiger partial charge in [-0.25, -0.2) is 0 Å². The van der Waals surface area contributed by atoms with Gasteiger partial charge in [0.15, 0.2) is 0 Å². The van der Waals surface area contributed by atoms with Crippen LogP contribution in [0.4, 0.5) is 11.4 Å². The molecule has 1 amide bonds. The van der Waals surface area contributed by atoms with E-state index in [-0.39, 0.29) is 18.7 Å². The molecule has 0 fully saturated rings. The molecule has 1 unspecified atom stereocenters. The molecule has 0 aromatic heterocycles. The predicted octanol–water partition coefficient (Wildman–Crippen LogP) is 1.67. The highest BCUT2D eigenvalue weighted by atomic mass is 16.4. The summed E-state index contributed by atoms with van der Waals surface area (Å²) in [6.07, 6.45) is 0.210. The van der Waals surface area contributed by atoms with Gasteiger partial charge in [-0.3, -0.25) is 9.59 Å². The summed E-state index contributed by atoms with van der Waals surface area (Å²) in [4.78, 5) is 22.5. The monoisotopic (exact) mass is 234 g/mol. The third kappa shape index (κ3) is 2.22. The first kappa shape index (κ1) is 11.4. The molecule has 17 heavy (non-hydrogen) atoms. The maximum Gasteiger partial charge on any atom is 0.303 e. The molecule has 1 aliphatic heterocycles. The molecular weight excluding hydrogens is 220 g/mol. The van der Waals surface area contributed by atoms with Crippen molar-refractivity contribution >= 4 is 23.3 Å². The number of carboxylic acid groups (broad SMARTS) is 1. The third-order valence-corrected chi connectivity index (χ3v) is 2.93. The van der Waals surface area contributed by atoms with E-state index < -0.39 is 11.5 Å². The lowest BCUT2D eigenvalue weighted by molar-refractivity contribution is -0.137. The highest BCUT2D eigenvalue weighted by Gasteiger charge is 2.37. The number of amides is 1. The van der Waals surface area contributed by atoms with Gasteiger partial charge in [-0.2, -0.15) is 0 Å². The average molecular weight is 234 g/mol. The number of anilines is 2. The van der Waals surface area contributed by atoms with E-state index in [0.29, 0.717) is 0 Å². The second-order valence-electron chi connectivity index (χ2n) is 4.35. The summed E-state index contributed by atoms with van der Waals surface area (Å²) < 4.78 is 0. The van der Waals surface area contributed by atoms with Crippen molar-refractivity contribution in [3.8, 4) is 0 Å². The molecule has 1 aromatic carbocycles. The first-order valence-corrected chi connectivity index (χ1v) is 5.42. The molecule has 1 aromatic rings. The van der Waals surface area contributed by atoms with Crippen LogP contribution in [0.5, 0.6) is 0 Å². The second kappa shape index (κ2) is 4.08. The molecule has 0 radical (unpaired) electrons. The highest BCUT2D eigenvalue weighted by molar-refractivity contribution is 6.05. The number of carbonyl (C=O) groups is 2. The molecule has 3 N–H and O–H groups in total. The molecule has 1 atom stereocenters. The van der Waals surface area contributed by atoms with Crippen molar-refractivity contribution < 1.29 is 14.7 Å². The van der Waals surface area contributed by atoms with E-state index >= 15 is 0 Å². The van der Waals surface area contributed by atoms with E-state index in [1.807, 2.05) is 18.2 Å². The van der Waals surface area contributed by atoms with Crippen LogP contribution in [0.25, 0.3) is 0 Å². The predicted molar refractivity (Wildman–Crippen MR) is 64.0 cm³/mol. The zero-order valence-corrected chi connectivity index (χ0v) is 9.49. The van der Waals surface area contributed by atoms with Crippen LogP contribution in [0.1, 0.15) is 19.8 Å². The van der Waals surface area contributed by atoms with Gasteiger partial charge in [-0.05, 0) is 25.5 Å². The summed E-state index contributed by atoms with van der Waals surface area (Å²) in [7, 11) is 0. The first-order valence-electron chi connectivity index (χ1n) is 5.42. The summed E-state index contributed by atoms with van der Waals surface area (Å²) in [6.45, 7) is 1.71. The van der Waals surface area contributed by atoms with Crippen LogP contribution in [-0.2, 0) is 9.59 Å². The number of hydrogen-bond acceptors (Lipinski definition) is 3. The summed E-state index contributed by atoms with van der Waals surface area (Å²) in [6, 6.07) is 7.35. The number of carbonyl (C=O) groups excluding carboxylic acids is 1. The summed E-state index contributed by atoms with van der Waals surface area (Å²) >= 11 is 0. The zero-order chi connectivity index (χ0) is 12.5. The van der Waals surface area contributed by atoms with Gasteiger partial charge < -0.3 is 15.7 Å². The number of nitrogens with one attached hydrogen (secondary N) is 2. The van der Waals surface area contributed by atoms with E-state index in [2.05, 4.69) is 10.6 Å². The summed E-state index contributed by atoms with van der Waals surface area (Å²) in [5.74, 6) is -1.10. The topological polar surface area (TPSA) is 78.4 Å². The minimum atomic E-state index is -0.903. The van der Waals surface area contributed by atoms with Crippen molar-refractivity contribution in [2.45, 2.75) is 25.3 Å². The van der Waals surface area contributed by atoms with Crippen LogP contribution in [0, 0.1) is 0 Å². The Balaban J connectivity index is 2.21. The number of carboxylic acids is 1. The van der Waals surface area contributed by atoms with Gasteiger partial charge in [-0.15, -0.1) is 0 Å². The van der Waals surface area contributed by atoms with Gasteiger partial charge in [0.05, 0.1) is 11.4 Å². The number of fused-ring (bicyclic) bond motifs is 1. The van der Waals surface area contributed by atoms with E-state index in [1.165, 1.54) is 0 Å². The molecule has 90 valence electrons. The van der Waals surface area contributed by atoms with Gasteiger partial charge in [0, 0.05) is 6.42 Å². The Hall–Kier alpha value is -2.04. The lowest BCUT2D eigenvalue weighted by Gasteiger charge is -2.35. The SMILES string of the molecule is CC1(CCC(=O)O)Nc2ccccc2NC1=O. The molecule has 0 saturated carbocycles. The maximum atomic E-state index is 11.9. The van der Waals surface area contributed by atoms with Crippen LogP contribution < -0.4 is 10.6 Å². The fourth-order valence-electron chi connectivity index (χ4n) is 1.85. The van der Waals surface area contributed by atoms with Crippen LogP contribution >= 0.6 is 0 Å². The summed E-state index contributed by atoms with van der Waals surface area (Å²) in [5.41, 5.74) is 0.678. The van der Waals surface area contributed by atoms with Crippen LogP contribution in [0.3, 0.4) is 0 Å². The Morgan fingerprint density at radius 3 is 2.65 bits per heavy atom. The lowest BCUT2D eigenvalue weighted by Crippen LogP contribution is -2.50. The Morgan fingerprint density at radius 2 is 2.00 bits per heavy atom. The molecule has 1 aliphatic rings. The van der Waals surface area contributed by atoms with Gasteiger partial charge in [0.25, 0.3) is 0 Å². The third-order valence-electron chi connectivity index (χ3n) is 2.93. The minimum Gasteiger partial charge on any atom is -0.481 e. The number of rotatable bonds is 3. The normalized spacial score (nSPS) is 22.3. The van der Waals surface area contributed by atoms with Crippen molar-refractivity contribution in [1.82, 2.24) is 0 Å². The van der Waals surface area contributed by atoms with Crippen molar-refractivity contribution in [3.05, 3.63) is 24.3 Å². The molecule has 5 heteroatoms. The number of para-hydroxylation sites is 2. The van der Waals surface area contributed by atoms with Gasteiger partial charge in [0.1, 0.15) is 5.54 Å². The zero-order valence-electron chi connectivity index (χ0n) is 9.49. The highest BCUT2D eigenvalue weighted by Crippen LogP contribution is 2.32. The standard InChI is InChI=1S/C12H14N2O3/c1-12(7-6-10(15)16)11(17)13-8-4-2-3-5-9(8)14-12/h2-5,14H,6-7H2,1H3,(H,13,17)(H,15,16). The van der Waals surface area contributed by atoms with E-state index in [1.54, 1.807) is 13.0 Å². The minimum absolute atomic E-state index is 0.0426. The molecule has 0 aliphatic carbocycles. The van der Waals surface area contributed by atoms with Gasteiger partial charge in [0.2, 0.25) is 5.91 Å². The van der Waals surface area contributed by atoms with Crippen LogP contribution in [0.2, 0.25) is 0 Å². The largest absolute Gasteiger partial charge is 0.481 e. The van der Waals surface area contributed by atoms with Crippen molar-refractivity contribution in [2.24, 2.45) is 0 Å². The summed E-state index contributed by atoms with van der Waals surface area (Å²) in [5, 5.41) is 14.6. The average Bonchev–Trinajstić information content (AvgIpc) is 2.28.